The van der Waals surface area contributed by atoms with E-state index < -0.39 is 0 Å². The molecule has 0 aliphatic rings. The fourth-order valence-corrected chi connectivity index (χ4v) is 2.68. The molecule has 0 atom stereocenters. The second-order valence-electron chi connectivity index (χ2n) is 6.18. The van der Waals surface area contributed by atoms with Crippen molar-refractivity contribution in [2.45, 2.75) is 49.7 Å². The zero-order valence-corrected chi connectivity index (χ0v) is 13.1. The number of benzene rings is 1. The molecule has 0 saturated carbocycles. The number of hydrogen-bond acceptors (Lipinski definition) is 3. The molecule has 2 N–H and O–H groups in total. The molecule has 0 heterocycles. The molecule has 1 aromatic carbocycles. The first kappa shape index (κ1) is 15.4. The van der Waals surface area contributed by atoms with Crippen LogP contribution in [0.4, 0.5) is 0 Å². The highest BCUT2D eigenvalue weighted by Crippen LogP contribution is 2.39. The molecule has 2 nitrogen and oxygen atoms in total. The molecule has 0 radical (unpaired) electrons. The van der Waals surface area contributed by atoms with Gasteiger partial charge >= 0.3 is 0 Å². The lowest BCUT2D eigenvalue weighted by Gasteiger charge is -2.25. The summed E-state index contributed by atoms with van der Waals surface area (Å²) >= 11 is 1.78. The van der Waals surface area contributed by atoms with Gasteiger partial charge in [0.2, 0.25) is 0 Å². The minimum absolute atomic E-state index is 0.0176. The molecule has 0 aromatic heterocycles. The van der Waals surface area contributed by atoms with Crippen molar-refractivity contribution in [3.8, 4) is 5.75 Å². The van der Waals surface area contributed by atoms with Gasteiger partial charge in [0, 0.05) is 11.3 Å². The van der Waals surface area contributed by atoms with Crippen LogP contribution in [0, 0.1) is 0 Å². The molecule has 1 rings (SSSR count). The van der Waals surface area contributed by atoms with Crippen LogP contribution < -0.4 is 10.5 Å². The topological polar surface area (TPSA) is 35.2 Å². The predicted octanol–water partition coefficient (Wildman–Crippen LogP) is 3.82. The largest absolute Gasteiger partial charge is 0.496 e. The molecule has 0 fully saturated rings. The summed E-state index contributed by atoms with van der Waals surface area (Å²) in [4.78, 5) is 1.17. The number of hydrogen-bond donors (Lipinski definition) is 1. The lowest BCUT2D eigenvalue weighted by Crippen LogP contribution is -2.26. The molecule has 0 bridgehead atoms. The molecule has 0 unspecified atom stereocenters. The molecule has 0 amide bonds. The molecule has 3 heteroatoms. The first-order valence-corrected chi connectivity index (χ1v) is 7.09. The van der Waals surface area contributed by atoms with E-state index in [2.05, 4.69) is 52.8 Å². The summed E-state index contributed by atoms with van der Waals surface area (Å²) < 4.78 is 5.46. The SMILES string of the molecule is COc1ccc(C(C)(C)C)cc1SC(C)(C)CN. The lowest BCUT2D eigenvalue weighted by molar-refractivity contribution is 0.403. The van der Waals surface area contributed by atoms with E-state index in [1.54, 1.807) is 18.9 Å². The minimum Gasteiger partial charge on any atom is -0.496 e. The Kier molecular flexibility index (Phi) is 4.73. The number of ether oxygens (including phenoxy) is 1. The summed E-state index contributed by atoms with van der Waals surface area (Å²) in [6.45, 7) is 11.6. The van der Waals surface area contributed by atoms with Crippen molar-refractivity contribution in [2.24, 2.45) is 5.73 Å². The quantitative estimate of drug-likeness (QED) is 0.842. The molecule has 0 aliphatic heterocycles. The Labute approximate surface area is 115 Å². The molecule has 102 valence electrons. The van der Waals surface area contributed by atoms with Crippen molar-refractivity contribution >= 4 is 11.8 Å². The maximum atomic E-state index is 5.81. The van der Waals surface area contributed by atoms with E-state index in [4.69, 9.17) is 10.5 Å². The third-order valence-corrected chi connectivity index (χ3v) is 4.17. The smallest absolute Gasteiger partial charge is 0.132 e. The number of thioether (sulfide) groups is 1. The van der Waals surface area contributed by atoms with Gasteiger partial charge in [-0.2, -0.15) is 0 Å². The van der Waals surface area contributed by atoms with Gasteiger partial charge in [0.25, 0.3) is 0 Å². The average molecular weight is 267 g/mol. The van der Waals surface area contributed by atoms with Gasteiger partial charge in [-0.1, -0.05) is 26.8 Å². The van der Waals surface area contributed by atoms with E-state index >= 15 is 0 Å². The maximum absolute atomic E-state index is 5.81. The van der Waals surface area contributed by atoms with Crippen molar-refractivity contribution in [3.63, 3.8) is 0 Å². The van der Waals surface area contributed by atoms with E-state index in [0.717, 1.165) is 5.75 Å². The van der Waals surface area contributed by atoms with Crippen LogP contribution in [-0.2, 0) is 5.41 Å². The lowest BCUT2D eigenvalue weighted by atomic mass is 9.87. The van der Waals surface area contributed by atoms with E-state index in [-0.39, 0.29) is 10.2 Å². The Balaban J connectivity index is 3.15. The van der Waals surface area contributed by atoms with Crippen LogP contribution in [0.15, 0.2) is 23.1 Å². The van der Waals surface area contributed by atoms with E-state index in [1.807, 2.05) is 0 Å². The van der Waals surface area contributed by atoms with Gasteiger partial charge in [0.1, 0.15) is 5.75 Å². The van der Waals surface area contributed by atoms with Gasteiger partial charge in [0.15, 0.2) is 0 Å². The van der Waals surface area contributed by atoms with Crippen molar-refractivity contribution in [1.82, 2.24) is 0 Å². The summed E-state index contributed by atoms with van der Waals surface area (Å²) in [6, 6.07) is 6.41. The molecular weight excluding hydrogens is 242 g/mol. The van der Waals surface area contributed by atoms with Gasteiger partial charge in [-0.05, 0) is 37.0 Å². The Hall–Kier alpha value is -0.670. The van der Waals surface area contributed by atoms with Gasteiger partial charge < -0.3 is 10.5 Å². The Morgan fingerprint density at radius 2 is 1.78 bits per heavy atom. The molecular formula is C15H25NOS. The number of methoxy groups -OCH3 is 1. The van der Waals surface area contributed by atoms with Gasteiger partial charge in [-0.25, -0.2) is 0 Å². The molecule has 0 aliphatic carbocycles. The first-order chi connectivity index (χ1) is 8.19. The van der Waals surface area contributed by atoms with Crippen molar-refractivity contribution in [1.29, 1.82) is 0 Å². The van der Waals surface area contributed by atoms with Gasteiger partial charge in [0.05, 0.1) is 12.0 Å². The molecule has 1 aromatic rings. The van der Waals surface area contributed by atoms with Crippen LogP contribution in [0.2, 0.25) is 0 Å². The summed E-state index contributed by atoms with van der Waals surface area (Å²) in [6.07, 6.45) is 0. The summed E-state index contributed by atoms with van der Waals surface area (Å²) in [7, 11) is 1.71. The van der Waals surface area contributed by atoms with Crippen LogP contribution in [0.5, 0.6) is 5.75 Å². The second-order valence-corrected chi connectivity index (χ2v) is 7.93. The normalized spacial score (nSPS) is 12.6. The van der Waals surface area contributed by atoms with E-state index in [0.29, 0.717) is 6.54 Å². The van der Waals surface area contributed by atoms with Crippen molar-refractivity contribution in [2.75, 3.05) is 13.7 Å². The monoisotopic (exact) mass is 267 g/mol. The van der Waals surface area contributed by atoms with E-state index in [1.165, 1.54) is 10.5 Å². The minimum atomic E-state index is 0.0176. The predicted molar refractivity (Wildman–Crippen MR) is 80.7 cm³/mol. The summed E-state index contributed by atoms with van der Waals surface area (Å²) in [5.41, 5.74) is 7.27. The first-order valence-electron chi connectivity index (χ1n) is 6.27. The van der Waals surface area contributed by atoms with Crippen molar-refractivity contribution in [3.05, 3.63) is 23.8 Å². The van der Waals surface area contributed by atoms with Crippen LogP contribution in [0.25, 0.3) is 0 Å². The maximum Gasteiger partial charge on any atom is 0.132 e. The molecule has 18 heavy (non-hydrogen) atoms. The Morgan fingerprint density at radius 1 is 1.17 bits per heavy atom. The van der Waals surface area contributed by atoms with Gasteiger partial charge in [-0.3, -0.25) is 0 Å². The van der Waals surface area contributed by atoms with Gasteiger partial charge in [-0.15, -0.1) is 11.8 Å². The summed E-state index contributed by atoms with van der Waals surface area (Å²) in [5, 5.41) is 0. The Morgan fingerprint density at radius 3 is 2.22 bits per heavy atom. The van der Waals surface area contributed by atoms with Crippen LogP contribution in [0.1, 0.15) is 40.2 Å². The van der Waals surface area contributed by atoms with Crippen molar-refractivity contribution < 1.29 is 4.74 Å². The summed E-state index contributed by atoms with van der Waals surface area (Å²) in [5.74, 6) is 0.925. The highest BCUT2D eigenvalue weighted by molar-refractivity contribution is 8.00. The highest BCUT2D eigenvalue weighted by atomic mass is 32.2. The standard InChI is InChI=1S/C15H25NOS/c1-14(2,3)11-7-8-12(17-6)13(9-11)18-15(4,5)10-16/h7-9H,10,16H2,1-6H3. The zero-order chi connectivity index (χ0) is 14.0. The van der Waals surface area contributed by atoms with Crippen LogP contribution >= 0.6 is 11.8 Å². The van der Waals surface area contributed by atoms with Crippen LogP contribution in [-0.4, -0.2) is 18.4 Å². The average Bonchev–Trinajstić information content (AvgIpc) is 2.27. The third-order valence-electron chi connectivity index (χ3n) is 2.91. The second kappa shape index (κ2) is 5.54. The number of nitrogens with two attached hydrogens (primary N) is 1. The fraction of sp³-hybridized carbons (Fsp3) is 0.600. The third kappa shape index (κ3) is 3.92. The Bertz CT molecular complexity index is 407. The van der Waals surface area contributed by atoms with Crippen LogP contribution in [0.3, 0.4) is 0 Å². The number of rotatable bonds is 4. The molecule has 0 saturated heterocycles. The zero-order valence-electron chi connectivity index (χ0n) is 12.3. The highest BCUT2D eigenvalue weighted by Gasteiger charge is 2.22. The molecule has 0 spiro atoms. The fourth-order valence-electron chi connectivity index (χ4n) is 1.56. The van der Waals surface area contributed by atoms with E-state index in [9.17, 15) is 0 Å².